The molecule has 0 unspecified atom stereocenters. The summed E-state index contributed by atoms with van der Waals surface area (Å²) in [6, 6.07) is 26.2. The van der Waals surface area contributed by atoms with Gasteiger partial charge in [-0.25, -0.2) is 9.97 Å². The van der Waals surface area contributed by atoms with Crippen LogP contribution in [0.3, 0.4) is 0 Å². The third-order valence-electron chi connectivity index (χ3n) is 5.17. The number of aromatic nitrogens is 2. The number of benzene rings is 4. The lowest BCUT2D eigenvalue weighted by molar-refractivity contribution is 0.669. The molecule has 0 fully saturated rings. The lowest BCUT2D eigenvalue weighted by Crippen LogP contribution is -1.93. The molecule has 132 valence electrons. The summed E-state index contributed by atoms with van der Waals surface area (Å²) in [4.78, 5) is 9.62. The number of furan rings is 1. The van der Waals surface area contributed by atoms with Crippen LogP contribution in [0.15, 0.2) is 83.3 Å². The van der Waals surface area contributed by atoms with Gasteiger partial charge in [-0.1, -0.05) is 72.3 Å². The molecule has 4 aromatic carbocycles. The zero-order chi connectivity index (χ0) is 18.7. The van der Waals surface area contributed by atoms with E-state index in [1.54, 1.807) is 0 Å². The zero-order valence-corrected chi connectivity index (χ0v) is 15.4. The largest absolute Gasteiger partial charge is 0.456 e. The third-order valence-corrected chi connectivity index (χ3v) is 5.44. The quantitative estimate of drug-likeness (QED) is 0.288. The van der Waals surface area contributed by atoms with Crippen molar-refractivity contribution >= 4 is 55.3 Å². The maximum absolute atomic E-state index is 6.60. The maximum atomic E-state index is 6.60. The third kappa shape index (κ3) is 2.17. The lowest BCUT2D eigenvalue weighted by Gasteiger charge is -2.09. The second kappa shape index (κ2) is 5.78. The Hall–Kier alpha value is -3.43. The minimum atomic E-state index is 0.389. The molecule has 6 aromatic rings. The minimum absolute atomic E-state index is 0.389. The van der Waals surface area contributed by atoms with Crippen molar-refractivity contribution in [2.24, 2.45) is 0 Å². The van der Waals surface area contributed by atoms with Gasteiger partial charge in [0.25, 0.3) is 0 Å². The lowest BCUT2D eigenvalue weighted by atomic mass is 10.0. The maximum Gasteiger partial charge on any atom is 0.156 e. The number of rotatable bonds is 1. The summed E-state index contributed by atoms with van der Waals surface area (Å²) < 4.78 is 6.02. The molecule has 0 aliphatic carbocycles. The van der Waals surface area contributed by atoms with Crippen LogP contribution in [-0.4, -0.2) is 9.97 Å². The fraction of sp³-hybridized carbons (Fsp3) is 0. The van der Waals surface area contributed by atoms with Crippen LogP contribution < -0.4 is 0 Å². The Bertz CT molecular complexity index is 1530. The van der Waals surface area contributed by atoms with Crippen molar-refractivity contribution in [1.82, 2.24) is 9.97 Å². The highest BCUT2D eigenvalue weighted by Crippen LogP contribution is 2.38. The van der Waals surface area contributed by atoms with Crippen LogP contribution in [0.2, 0.25) is 5.15 Å². The van der Waals surface area contributed by atoms with E-state index in [-0.39, 0.29) is 0 Å². The molecular weight excluding hydrogens is 368 g/mol. The summed E-state index contributed by atoms with van der Waals surface area (Å²) in [5.74, 6) is 0. The predicted molar refractivity (Wildman–Crippen MR) is 115 cm³/mol. The smallest absolute Gasteiger partial charge is 0.156 e. The number of fused-ring (bicyclic) bond motifs is 6. The standard InChI is InChI=1S/C24H13ClN2O/c25-24-23(27-22-15-7-2-1-6-14(15)12-13-18(22)26-24)17-9-5-11-20-21(17)16-8-3-4-10-19(16)28-20/h1-13H. The van der Waals surface area contributed by atoms with E-state index in [0.717, 1.165) is 49.3 Å². The fourth-order valence-electron chi connectivity index (χ4n) is 3.91. The van der Waals surface area contributed by atoms with E-state index in [0.29, 0.717) is 10.8 Å². The second-order valence-electron chi connectivity index (χ2n) is 6.79. The van der Waals surface area contributed by atoms with Crippen LogP contribution in [-0.2, 0) is 0 Å². The van der Waals surface area contributed by atoms with Crippen molar-refractivity contribution in [3.63, 3.8) is 0 Å². The van der Waals surface area contributed by atoms with Gasteiger partial charge < -0.3 is 4.42 Å². The number of halogens is 1. The van der Waals surface area contributed by atoms with E-state index in [4.69, 9.17) is 21.0 Å². The molecule has 0 radical (unpaired) electrons. The Labute approximate surface area is 165 Å². The molecule has 0 saturated heterocycles. The van der Waals surface area contributed by atoms with Crippen LogP contribution in [0.5, 0.6) is 0 Å². The molecule has 0 N–H and O–H groups in total. The molecule has 0 aliphatic heterocycles. The number of para-hydroxylation sites is 1. The molecule has 2 aromatic heterocycles. The average molecular weight is 381 g/mol. The normalized spacial score (nSPS) is 11.8. The first-order valence-corrected chi connectivity index (χ1v) is 9.43. The molecule has 0 amide bonds. The van der Waals surface area contributed by atoms with Crippen molar-refractivity contribution < 1.29 is 4.42 Å². The van der Waals surface area contributed by atoms with Crippen LogP contribution in [0, 0.1) is 0 Å². The summed E-state index contributed by atoms with van der Waals surface area (Å²) >= 11 is 6.60. The van der Waals surface area contributed by atoms with Gasteiger partial charge in [0.15, 0.2) is 5.15 Å². The van der Waals surface area contributed by atoms with Crippen molar-refractivity contribution in [2.45, 2.75) is 0 Å². The fourth-order valence-corrected chi connectivity index (χ4v) is 4.15. The van der Waals surface area contributed by atoms with Crippen molar-refractivity contribution in [3.8, 4) is 11.3 Å². The van der Waals surface area contributed by atoms with Gasteiger partial charge in [0.1, 0.15) is 16.9 Å². The minimum Gasteiger partial charge on any atom is -0.456 e. The molecule has 2 heterocycles. The summed E-state index contributed by atoms with van der Waals surface area (Å²) in [6.45, 7) is 0. The Morgan fingerprint density at radius 2 is 1.46 bits per heavy atom. The van der Waals surface area contributed by atoms with Gasteiger partial charge in [-0.15, -0.1) is 0 Å². The number of hydrogen-bond donors (Lipinski definition) is 0. The highest BCUT2D eigenvalue weighted by Gasteiger charge is 2.17. The van der Waals surface area contributed by atoms with Gasteiger partial charge in [0.2, 0.25) is 0 Å². The molecule has 0 spiro atoms. The Morgan fingerprint density at radius 3 is 2.39 bits per heavy atom. The first kappa shape index (κ1) is 15.6. The van der Waals surface area contributed by atoms with Gasteiger partial charge in [0, 0.05) is 21.7 Å². The van der Waals surface area contributed by atoms with Gasteiger partial charge in [-0.3, -0.25) is 0 Å². The first-order chi connectivity index (χ1) is 13.8. The summed E-state index contributed by atoms with van der Waals surface area (Å²) in [7, 11) is 0. The van der Waals surface area contributed by atoms with Crippen LogP contribution in [0.1, 0.15) is 0 Å². The molecular formula is C24H13ClN2O. The summed E-state index contributed by atoms with van der Waals surface area (Å²) in [5.41, 5.74) is 4.89. The van der Waals surface area contributed by atoms with Crippen molar-refractivity contribution in [1.29, 1.82) is 0 Å². The molecule has 0 bridgehead atoms. The first-order valence-electron chi connectivity index (χ1n) is 9.05. The van der Waals surface area contributed by atoms with Gasteiger partial charge in [-0.2, -0.15) is 0 Å². The molecule has 28 heavy (non-hydrogen) atoms. The highest BCUT2D eigenvalue weighted by molar-refractivity contribution is 6.33. The van der Waals surface area contributed by atoms with Gasteiger partial charge >= 0.3 is 0 Å². The molecule has 4 heteroatoms. The SMILES string of the molecule is Clc1nc2ccc3ccccc3c2nc1-c1cccc2oc3ccccc3c12. The van der Waals surface area contributed by atoms with Gasteiger partial charge in [0.05, 0.1) is 11.0 Å². The molecule has 0 atom stereocenters. The monoisotopic (exact) mass is 380 g/mol. The van der Waals surface area contributed by atoms with Crippen LogP contribution in [0.4, 0.5) is 0 Å². The molecule has 6 rings (SSSR count). The van der Waals surface area contributed by atoms with E-state index in [1.807, 2.05) is 60.7 Å². The number of nitrogens with zero attached hydrogens (tertiary/aromatic N) is 2. The topological polar surface area (TPSA) is 38.9 Å². The predicted octanol–water partition coefficient (Wildman–Crippen LogP) is 7.00. The molecule has 0 aliphatic rings. The van der Waals surface area contributed by atoms with E-state index < -0.39 is 0 Å². The van der Waals surface area contributed by atoms with Crippen LogP contribution >= 0.6 is 11.6 Å². The van der Waals surface area contributed by atoms with E-state index in [2.05, 4.69) is 23.2 Å². The van der Waals surface area contributed by atoms with E-state index in [9.17, 15) is 0 Å². The Balaban J connectivity index is 1.75. The summed E-state index contributed by atoms with van der Waals surface area (Å²) in [5, 5.41) is 4.64. The summed E-state index contributed by atoms with van der Waals surface area (Å²) in [6.07, 6.45) is 0. The molecule has 0 saturated carbocycles. The van der Waals surface area contributed by atoms with E-state index in [1.165, 1.54) is 0 Å². The van der Waals surface area contributed by atoms with Crippen molar-refractivity contribution in [2.75, 3.05) is 0 Å². The zero-order valence-electron chi connectivity index (χ0n) is 14.7. The number of hydrogen-bond acceptors (Lipinski definition) is 3. The Morgan fingerprint density at radius 1 is 0.679 bits per heavy atom. The Kier molecular flexibility index (Phi) is 3.22. The van der Waals surface area contributed by atoms with Crippen molar-refractivity contribution in [3.05, 3.63) is 84.0 Å². The molecule has 3 nitrogen and oxygen atoms in total. The van der Waals surface area contributed by atoms with E-state index >= 15 is 0 Å². The van der Waals surface area contributed by atoms with Crippen LogP contribution in [0.25, 0.3) is 55.0 Å². The highest BCUT2D eigenvalue weighted by atomic mass is 35.5. The second-order valence-corrected chi connectivity index (χ2v) is 7.15. The van der Waals surface area contributed by atoms with Gasteiger partial charge in [-0.05, 0) is 23.6 Å². The average Bonchev–Trinajstić information content (AvgIpc) is 3.12.